The second kappa shape index (κ2) is 5.32. The summed E-state index contributed by atoms with van der Waals surface area (Å²) in [5.41, 5.74) is -0.0245. The zero-order valence-corrected chi connectivity index (χ0v) is 9.06. The Bertz CT molecular complexity index is 189. The fourth-order valence-corrected chi connectivity index (χ4v) is 1.63. The van der Waals surface area contributed by atoms with Gasteiger partial charge in [-0.1, -0.05) is 0 Å². The number of carbonyl (C=O) groups is 1. The minimum atomic E-state index is -0.0245. The molecule has 1 heterocycles. The van der Waals surface area contributed by atoms with Crippen LogP contribution in [0.5, 0.6) is 0 Å². The van der Waals surface area contributed by atoms with Gasteiger partial charge in [0.15, 0.2) is 0 Å². The van der Waals surface area contributed by atoms with E-state index in [9.17, 15) is 4.79 Å². The topological polar surface area (TPSA) is 50.4 Å². The van der Waals surface area contributed by atoms with E-state index in [1.165, 1.54) is 0 Å². The molecule has 1 aliphatic rings. The summed E-state index contributed by atoms with van der Waals surface area (Å²) >= 11 is 0. The lowest BCUT2D eigenvalue weighted by Crippen LogP contribution is -2.52. The third-order valence-electron chi connectivity index (χ3n) is 2.49. The average Bonchev–Trinajstić information content (AvgIpc) is 2.17. The normalized spacial score (nSPS) is 27.3. The first-order valence-electron chi connectivity index (χ1n) is 5.26. The van der Waals surface area contributed by atoms with Crippen LogP contribution in [0, 0.1) is 0 Å². The van der Waals surface area contributed by atoms with Crippen LogP contribution in [-0.2, 0) is 9.53 Å². The molecule has 4 heteroatoms. The number of hydrogen-bond donors (Lipinski definition) is 2. The van der Waals surface area contributed by atoms with Crippen LogP contribution in [-0.4, -0.2) is 37.7 Å². The Hall–Kier alpha value is -0.610. The molecule has 0 aliphatic carbocycles. The Morgan fingerprint density at radius 3 is 2.93 bits per heavy atom. The molecule has 0 aromatic carbocycles. The van der Waals surface area contributed by atoms with E-state index >= 15 is 0 Å². The van der Waals surface area contributed by atoms with E-state index < -0.39 is 0 Å². The lowest BCUT2D eigenvalue weighted by Gasteiger charge is -2.34. The minimum Gasteiger partial charge on any atom is -0.380 e. The highest BCUT2D eigenvalue weighted by molar-refractivity contribution is 5.77. The lowest BCUT2D eigenvalue weighted by molar-refractivity contribution is -0.120. The Balaban J connectivity index is 2.24. The number of hydrogen-bond acceptors (Lipinski definition) is 3. The van der Waals surface area contributed by atoms with Gasteiger partial charge in [0.2, 0.25) is 5.91 Å². The molecule has 0 bridgehead atoms. The van der Waals surface area contributed by atoms with E-state index in [2.05, 4.69) is 17.6 Å². The van der Waals surface area contributed by atoms with Crippen molar-refractivity contribution in [2.75, 3.05) is 26.3 Å². The van der Waals surface area contributed by atoms with Crippen molar-refractivity contribution in [2.45, 2.75) is 32.2 Å². The molecule has 2 N–H and O–H groups in total. The second-order valence-corrected chi connectivity index (χ2v) is 4.02. The molecule has 1 atom stereocenters. The summed E-state index contributed by atoms with van der Waals surface area (Å²) in [5.74, 6) is 0.0549. The minimum absolute atomic E-state index is 0.0245. The van der Waals surface area contributed by atoms with E-state index in [-0.39, 0.29) is 11.4 Å². The smallest absolute Gasteiger partial charge is 0.233 e. The Labute approximate surface area is 85.4 Å². The van der Waals surface area contributed by atoms with Crippen molar-refractivity contribution in [3.05, 3.63) is 0 Å². The molecule has 0 aromatic heterocycles. The van der Waals surface area contributed by atoms with Crippen LogP contribution in [0.25, 0.3) is 0 Å². The van der Waals surface area contributed by atoms with Gasteiger partial charge in [-0.3, -0.25) is 4.79 Å². The Morgan fingerprint density at radius 1 is 1.57 bits per heavy atom. The maximum Gasteiger partial charge on any atom is 0.233 e. The predicted molar refractivity (Wildman–Crippen MR) is 55.1 cm³/mol. The second-order valence-electron chi connectivity index (χ2n) is 4.02. The zero-order chi connectivity index (χ0) is 10.4. The Kier molecular flexibility index (Phi) is 4.35. The van der Waals surface area contributed by atoms with Crippen LogP contribution in [0.15, 0.2) is 0 Å². The number of ether oxygens (including phenoxy) is 1. The summed E-state index contributed by atoms with van der Waals surface area (Å²) in [4.78, 5) is 11.2. The third-order valence-corrected chi connectivity index (χ3v) is 2.49. The lowest BCUT2D eigenvalue weighted by atomic mass is 9.95. The molecule has 0 radical (unpaired) electrons. The van der Waals surface area contributed by atoms with Gasteiger partial charge in [0, 0.05) is 18.7 Å². The molecule has 1 saturated heterocycles. The Morgan fingerprint density at radius 2 is 2.36 bits per heavy atom. The molecule has 1 aliphatic heterocycles. The molecular formula is C10H20N2O2. The van der Waals surface area contributed by atoms with Gasteiger partial charge in [-0.25, -0.2) is 0 Å². The molecule has 0 spiro atoms. The maximum absolute atomic E-state index is 11.2. The largest absolute Gasteiger partial charge is 0.380 e. The van der Waals surface area contributed by atoms with E-state index in [1.807, 2.05) is 6.92 Å². The SMILES string of the molecule is CCNC(=O)CNC1(C)CCCOC1. The zero-order valence-electron chi connectivity index (χ0n) is 9.06. The van der Waals surface area contributed by atoms with Crippen molar-refractivity contribution in [3.63, 3.8) is 0 Å². The van der Waals surface area contributed by atoms with Crippen molar-refractivity contribution >= 4 is 5.91 Å². The molecule has 1 fully saturated rings. The molecule has 0 saturated carbocycles. The molecule has 1 unspecified atom stereocenters. The van der Waals surface area contributed by atoms with Crippen LogP contribution in [0.2, 0.25) is 0 Å². The third kappa shape index (κ3) is 3.64. The van der Waals surface area contributed by atoms with Gasteiger partial charge in [-0.15, -0.1) is 0 Å². The average molecular weight is 200 g/mol. The summed E-state index contributed by atoms with van der Waals surface area (Å²) < 4.78 is 5.38. The highest BCUT2D eigenvalue weighted by Crippen LogP contribution is 2.17. The highest BCUT2D eigenvalue weighted by Gasteiger charge is 2.27. The van der Waals surface area contributed by atoms with E-state index in [4.69, 9.17) is 4.74 Å². The summed E-state index contributed by atoms with van der Waals surface area (Å²) in [6.45, 7) is 6.64. The molecule has 82 valence electrons. The van der Waals surface area contributed by atoms with Crippen LogP contribution in [0.4, 0.5) is 0 Å². The van der Waals surface area contributed by atoms with Crippen molar-refractivity contribution in [2.24, 2.45) is 0 Å². The number of amides is 1. The molecule has 14 heavy (non-hydrogen) atoms. The van der Waals surface area contributed by atoms with E-state index in [1.54, 1.807) is 0 Å². The highest BCUT2D eigenvalue weighted by atomic mass is 16.5. The first-order valence-corrected chi connectivity index (χ1v) is 5.26. The summed E-state index contributed by atoms with van der Waals surface area (Å²) in [6, 6.07) is 0. The fraction of sp³-hybridized carbons (Fsp3) is 0.900. The van der Waals surface area contributed by atoms with Gasteiger partial charge < -0.3 is 15.4 Å². The van der Waals surface area contributed by atoms with Crippen LogP contribution in [0.3, 0.4) is 0 Å². The number of rotatable bonds is 4. The van der Waals surface area contributed by atoms with Crippen molar-refractivity contribution < 1.29 is 9.53 Å². The van der Waals surface area contributed by atoms with Gasteiger partial charge in [-0.2, -0.15) is 0 Å². The van der Waals surface area contributed by atoms with E-state index in [0.717, 1.165) is 19.4 Å². The molecule has 0 aromatic rings. The van der Waals surface area contributed by atoms with Gasteiger partial charge >= 0.3 is 0 Å². The molecular weight excluding hydrogens is 180 g/mol. The van der Waals surface area contributed by atoms with Crippen molar-refractivity contribution in [1.82, 2.24) is 10.6 Å². The van der Waals surface area contributed by atoms with Crippen molar-refractivity contribution in [1.29, 1.82) is 0 Å². The van der Waals surface area contributed by atoms with Gasteiger partial charge in [-0.05, 0) is 26.7 Å². The summed E-state index contributed by atoms with van der Waals surface area (Å²) in [6.07, 6.45) is 2.14. The predicted octanol–water partition coefficient (Wildman–Crippen LogP) is 0.281. The monoisotopic (exact) mass is 200 g/mol. The number of carbonyl (C=O) groups excluding carboxylic acids is 1. The van der Waals surface area contributed by atoms with Crippen LogP contribution in [0.1, 0.15) is 26.7 Å². The number of likely N-dealkylation sites (N-methyl/N-ethyl adjacent to an activating group) is 1. The van der Waals surface area contributed by atoms with Gasteiger partial charge in [0.25, 0.3) is 0 Å². The molecule has 4 nitrogen and oxygen atoms in total. The van der Waals surface area contributed by atoms with Gasteiger partial charge in [0.1, 0.15) is 0 Å². The fourth-order valence-electron chi connectivity index (χ4n) is 1.63. The van der Waals surface area contributed by atoms with E-state index in [0.29, 0.717) is 19.7 Å². The van der Waals surface area contributed by atoms with Crippen LogP contribution < -0.4 is 10.6 Å². The maximum atomic E-state index is 11.2. The summed E-state index contributed by atoms with van der Waals surface area (Å²) in [5, 5.41) is 6.01. The van der Waals surface area contributed by atoms with Crippen LogP contribution >= 0.6 is 0 Å². The molecule has 1 rings (SSSR count). The van der Waals surface area contributed by atoms with Gasteiger partial charge in [0.05, 0.1) is 13.2 Å². The standard InChI is InChI=1S/C10H20N2O2/c1-3-11-9(13)7-12-10(2)5-4-6-14-8-10/h12H,3-8H2,1-2H3,(H,11,13). The summed E-state index contributed by atoms with van der Waals surface area (Å²) in [7, 11) is 0. The van der Waals surface area contributed by atoms with Crippen molar-refractivity contribution in [3.8, 4) is 0 Å². The molecule has 1 amide bonds. The first-order chi connectivity index (χ1) is 6.66. The number of nitrogens with one attached hydrogen (secondary N) is 2. The first kappa shape index (κ1) is 11.5. The quantitative estimate of drug-likeness (QED) is 0.685.